The smallest absolute Gasteiger partial charge is 0.163 e. The van der Waals surface area contributed by atoms with Crippen LogP contribution in [0.3, 0.4) is 0 Å². The summed E-state index contributed by atoms with van der Waals surface area (Å²) in [5.41, 5.74) is 6.33. The fourth-order valence-electron chi connectivity index (χ4n) is 0.884. The Morgan fingerprint density at radius 1 is 1.69 bits per heavy atom. The minimum atomic E-state index is 0.0853. The molecule has 1 aromatic rings. The summed E-state index contributed by atoms with van der Waals surface area (Å²) in [4.78, 5) is 0. The lowest BCUT2D eigenvalue weighted by Crippen LogP contribution is -1.87. The lowest BCUT2D eigenvalue weighted by molar-refractivity contribution is 0.303. The maximum Gasteiger partial charge on any atom is 0.163 e. The molecule has 0 aliphatic heterocycles. The van der Waals surface area contributed by atoms with Gasteiger partial charge in [0.05, 0.1) is 5.69 Å². The Morgan fingerprint density at radius 3 is 3.08 bits per heavy atom. The number of aromatic amines is 1. The second-order valence-corrected chi connectivity index (χ2v) is 2.42. The van der Waals surface area contributed by atoms with Gasteiger partial charge >= 0.3 is 0 Å². The van der Waals surface area contributed by atoms with E-state index in [0.717, 1.165) is 0 Å². The minimum Gasteiger partial charge on any atom is -0.396 e. The summed E-state index contributed by atoms with van der Waals surface area (Å²) < 4.78 is 0. The van der Waals surface area contributed by atoms with Gasteiger partial charge in [0.2, 0.25) is 0 Å². The number of H-pyrrole nitrogens is 1. The van der Waals surface area contributed by atoms with Crippen LogP contribution in [-0.4, -0.2) is 21.9 Å². The van der Waals surface area contributed by atoms with Crippen molar-refractivity contribution in [2.45, 2.75) is 6.42 Å². The summed E-state index contributed by atoms with van der Waals surface area (Å²) in [6.07, 6.45) is 3.97. The van der Waals surface area contributed by atoms with Crippen molar-refractivity contribution in [1.29, 1.82) is 5.26 Å². The van der Waals surface area contributed by atoms with Crippen molar-refractivity contribution in [3.8, 4) is 6.07 Å². The van der Waals surface area contributed by atoms with Gasteiger partial charge in [-0.15, -0.1) is 0 Å². The summed E-state index contributed by atoms with van der Waals surface area (Å²) in [7, 11) is 0. The Bertz CT molecular complexity index is 348. The van der Waals surface area contributed by atoms with Crippen LogP contribution in [0.2, 0.25) is 0 Å². The molecule has 4 N–H and O–H groups in total. The van der Waals surface area contributed by atoms with Crippen LogP contribution in [-0.2, 0) is 0 Å². The molecule has 0 aromatic carbocycles. The molecule has 0 spiro atoms. The lowest BCUT2D eigenvalue weighted by Gasteiger charge is -1.87. The zero-order chi connectivity index (χ0) is 9.68. The van der Waals surface area contributed by atoms with E-state index in [1.54, 1.807) is 12.2 Å². The lowest BCUT2D eigenvalue weighted by atomic mass is 10.2. The largest absolute Gasteiger partial charge is 0.396 e. The van der Waals surface area contributed by atoms with Crippen molar-refractivity contribution >= 4 is 11.9 Å². The number of anilines is 1. The monoisotopic (exact) mass is 178 g/mol. The Balaban J connectivity index is 2.84. The normalized spacial score (nSPS) is 10.5. The van der Waals surface area contributed by atoms with Gasteiger partial charge in [-0.05, 0) is 12.5 Å². The topological polar surface area (TPSA) is 98.7 Å². The van der Waals surface area contributed by atoms with E-state index in [0.29, 0.717) is 17.7 Å². The maximum absolute atomic E-state index is 8.67. The van der Waals surface area contributed by atoms with Gasteiger partial charge < -0.3 is 10.8 Å². The number of nitrogens with two attached hydrogens (primary N) is 1. The number of aliphatic hydroxyl groups is 1. The molecule has 1 aromatic heterocycles. The molecule has 0 radical (unpaired) electrons. The number of hydrogen-bond acceptors (Lipinski definition) is 4. The van der Waals surface area contributed by atoms with Crippen LogP contribution in [0.1, 0.15) is 17.7 Å². The average molecular weight is 178 g/mol. The van der Waals surface area contributed by atoms with E-state index in [1.165, 1.54) is 0 Å². The van der Waals surface area contributed by atoms with Crippen LogP contribution in [0.4, 0.5) is 5.82 Å². The van der Waals surface area contributed by atoms with Crippen molar-refractivity contribution in [3.05, 3.63) is 17.3 Å². The van der Waals surface area contributed by atoms with Crippen molar-refractivity contribution in [2.75, 3.05) is 12.3 Å². The van der Waals surface area contributed by atoms with E-state index in [-0.39, 0.29) is 12.4 Å². The minimum absolute atomic E-state index is 0.0853. The third kappa shape index (κ3) is 2.07. The quantitative estimate of drug-likeness (QED) is 0.618. The second-order valence-electron chi connectivity index (χ2n) is 2.42. The van der Waals surface area contributed by atoms with Crippen LogP contribution >= 0.6 is 0 Å². The zero-order valence-corrected chi connectivity index (χ0v) is 6.99. The molecule has 0 saturated carbocycles. The summed E-state index contributed by atoms with van der Waals surface area (Å²) in [6.45, 7) is 0.0853. The Morgan fingerprint density at radius 2 is 2.46 bits per heavy atom. The van der Waals surface area contributed by atoms with Gasteiger partial charge in [-0.25, -0.2) is 0 Å². The molecule has 13 heavy (non-hydrogen) atoms. The van der Waals surface area contributed by atoms with Crippen LogP contribution in [0.5, 0.6) is 0 Å². The first kappa shape index (κ1) is 9.29. The predicted octanol–water partition coefficient (Wildman–Crippen LogP) is 0.259. The van der Waals surface area contributed by atoms with Gasteiger partial charge in [-0.1, -0.05) is 6.08 Å². The molecule has 5 nitrogen and oxygen atoms in total. The molecule has 0 fully saturated rings. The molecule has 0 bridgehead atoms. The highest BCUT2D eigenvalue weighted by molar-refractivity contribution is 5.62. The molecule has 0 saturated heterocycles. The number of nitrogens with zero attached hydrogens (tertiary/aromatic N) is 2. The third-order valence-corrected chi connectivity index (χ3v) is 1.51. The SMILES string of the molecule is N#Cc1c(N)n[nH]c1C=CCCO. The van der Waals surface area contributed by atoms with Crippen molar-refractivity contribution in [3.63, 3.8) is 0 Å². The first-order chi connectivity index (χ1) is 6.29. The molecule has 5 heteroatoms. The highest BCUT2D eigenvalue weighted by Gasteiger charge is 2.05. The fraction of sp³-hybridized carbons (Fsp3) is 0.250. The molecular formula is C8H10N4O. The van der Waals surface area contributed by atoms with Crippen LogP contribution < -0.4 is 5.73 Å². The second kappa shape index (κ2) is 4.28. The standard InChI is InChI=1S/C8H10N4O/c9-5-6-7(3-1-2-4-13)11-12-8(6)10/h1,3,13H,2,4H2,(H3,10,11,12). The van der Waals surface area contributed by atoms with Gasteiger partial charge in [0.1, 0.15) is 11.6 Å². The molecule has 0 aliphatic rings. The van der Waals surface area contributed by atoms with E-state index < -0.39 is 0 Å². The third-order valence-electron chi connectivity index (χ3n) is 1.51. The first-order valence-electron chi connectivity index (χ1n) is 3.81. The molecule has 1 rings (SSSR count). The summed E-state index contributed by atoms with van der Waals surface area (Å²) >= 11 is 0. The number of nitriles is 1. The van der Waals surface area contributed by atoms with Crippen LogP contribution in [0.15, 0.2) is 6.08 Å². The first-order valence-corrected chi connectivity index (χ1v) is 3.81. The van der Waals surface area contributed by atoms with Crippen LogP contribution in [0.25, 0.3) is 6.08 Å². The molecular weight excluding hydrogens is 168 g/mol. The predicted molar refractivity (Wildman–Crippen MR) is 48.5 cm³/mol. The molecule has 0 unspecified atom stereocenters. The fourth-order valence-corrected chi connectivity index (χ4v) is 0.884. The summed E-state index contributed by atoms with van der Waals surface area (Å²) in [6, 6.07) is 1.94. The molecule has 0 aliphatic carbocycles. The van der Waals surface area contributed by atoms with E-state index in [4.69, 9.17) is 16.1 Å². The van der Waals surface area contributed by atoms with Crippen molar-refractivity contribution in [2.24, 2.45) is 0 Å². The Labute approximate surface area is 75.5 Å². The molecule has 68 valence electrons. The van der Waals surface area contributed by atoms with Gasteiger partial charge in [0, 0.05) is 6.61 Å². The van der Waals surface area contributed by atoms with E-state index in [9.17, 15) is 0 Å². The van der Waals surface area contributed by atoms with Crippen molar-refractivity contribution in [1.82, 2.24) is 10.2 Å². The van der Waals surface area contributed by atoms with Gasteiger partial charge in [0.25, 0.3) is 0 Å². The molecule has 1 heterocycles. The average Bonchev–Trinajstić information content (AvgIpc) is 2.47. The van der Waals surface area contributed by atoms with E-state index >= 15 is 0 Å². The highest BCUT2D eigenvalue weighted by Crippen LogP contribution is 2.12. The number of hydrogen-bond donors (Lipinski definition) is 3. The van der Waals surface area contributed by atoms with Gasteiger partial charge in [-0.2, -0.15) is 10.4 Å². The molecule has 0 atom stereocenters. The number of nitrogen functional groups attached to an aromatic ring is 1. The van der Waals surface area contributed by atoms with Crippen LogP contribution in [0, 0.1) is 11.3 Å². The Kier molecular flexibility index (Phi) is 3.06. The highest BCUT2D eigenvalue weighted by atomic mass is 16.2. The number of aliphatic hydroxyl groups excluding tert-OH is 1. The van der Waals surface area contributed by atoms with E-state index in [1.807, 2.05) is 6.07 Å². The van der Waals surface area contributed by atoms with E-state index in [2.05, 4.69) is 10.2 Å². The number of nitrogens with one attached hydrogen (secondary N) is 1. The Hall–Kier alpha value is -1.80. The van der Waals surface area contributed by atoms with Crippen molar-refractivity contribution < 1.29 is 5.11 Å². The maximum atomic E-state index is 8.67. The summed E-state index contributed by atoms with van der Waals surface area (Å²) in [5.74, 6) is 0.200. The zero-order valence-electron chi connectivity index (χ0n) is 6.99. The number of aromatic nitrogens is 2. The van der Waals surface area contributed by atoms with Gasteiger partial charge in [0.15, 0.2) is 5.82 Å². The molecule has 0 amide bonds. The number of rotatable bonds is 3. The summed E-state index contributed by atoms with van der Waals surface area (Å²) in [5, 5.41) is 23.5. The van der Waals surface area contributed by atoms with Gasteiger partial charge in [-0.3, -0.25) is 5.10 Å².